The van der Waals surface area contributed by atoms with Crippen molar-refractivity contribution < 1.29 is 17.9 Å². The van der Waals surface area contributed by atoms with E-state index in [2.05, 4.69) is 4.98 Å². The van der Waals surface area contributed by atoms with E-state index in [1.807, 2.05) is 24.3 Å². The number of sulfonamides is 1. The summed E-state index contributed by atoms with van der Waals surface area (Å²) in [4.78, 5) is 4.22. The fourth-order valence-electron chi connectivity index (χ4n) is 4.13. The number of methoxy groups -OCH3 is 1. The Bertz CT molecular complexity index is 872. The van der Waals surface area contributed by atoms with Crippen LogP contribution in [0.15, 0.2) is 53.7 Å². The Labute approximate surface area is 153 Å². The Morgan fingerprint density at radius 1 is 1.19 bits per heavy atom. The van der Waals surface area contributed by atoms with Gasteiger partial charge in [-0.25, -0.2) is 8.42 Å². The van der Waals surface area contributed by atoms with Crippen LogP contribution in [0.3, 0.4) is 0 Å². The molecule has 1 saturated carbocycles. The maximum absolute atomic E-state index is 13.2. The predicted molar refractivity (Wildman–Crippen MR) is 96.7 cm³/mol. The molecule has 138 valence electrons. The molecule has 7 heteroatoms. The Morgan fingerprint density at radius 3 is 2.81 bits per heavy atom. The highest BCUT2D eigenvalue weighted by Gasteiger charge is 2.51. The predicted octanol–water partition coefficient (Wildman–Crippen LogP) is 2.71. The van der Waals surface area contributed by atoms with Crippen molar-refractivity contribution in [3.63, 3.8) is 0 Å². The zero-order chi connectivity index (χ0) is 18.1. The van der Waals surface area contributed by atoms with E-state index in [1.165, 1.54) is 6.20 Å². The van der Waals surface area contributed by atoms with E-state index in [4.69, 9.17) is 9.47 Å². The van der Waals surface area contributed by atoms with E-state index in [9.17, 15) is 8.42 Å². The lowest BCUT2D eigenvalue weighted by molar-refractivity contribution is 0.162. The van der Waals surface area contributed by atoms with Crippen molar-refractivity contribution in [3.8, 4) is 11.5 Å². The molecule has 1 aromatic heterocycles. The monoisotopic (exact) mass is 374 g/mol. The fourth-order valence-corrected chi connectivity index (χ4v) is 5.99. The molecule has 1 saturated heterocycles. The number of pyridine rings is 1. The van der Waals surface area contributed by atoms with Gasteiger partial charge in [0.1, 0.15) is 23.0 Å². The van der Waals surface area contributed by atoms with Gasteiger partial charge in [0.05, 0.1) is 13.2 Å². The van der Waals surface area contributed by atoms with Crippen LogP contribution in [-0.4, -0.2) is 43.5 Å². The topological polar surface area (TPSA) is 68.7 Å². The number of benzene rings is 1. The average molecular weight is 374 g/mol. The number of fused-ring (bicyclic) bond motifs is 2. The Kier molecular flexibility index (Phi) is 4.58. The van der Waals surface area contributed by atoms with Crippen molar-refractivity contribution in [2.45, 2.75) is 36.2 Å². The third-order valence-electron chi connectivity index (χ3n) is 5.35. The molecule has 3 atom stereocenters. The van der Waals surface area contributed by atoms with Crippen molar-refractivity contribution in [3.05, 3.63) is 48.8 Å². The molecule has 2 heterocycles. The molecule has 2 fully saturated rings. The number of aromatic nitrogens is 1. The van der Waals surface area contributed by atoms with Crippen molar-refractivity contribution in [1.29, 1.82) is 0 Å². The van der Waals surface area contributed by atoms with Gasteiger partial charge in [-0.2, -0.15) is 4.31 Å². The summed E-state index contributed by atoms with van der Waals surface area (Å²) in [6.45, 7) is 0.341. The summed E-state index contributed by atoms with van der Waals surface area (Å²) in [5.41, 5.74) is 0. The van der Waals surface area contributed by atoms with Gasteiger partial charge in [-0.05, 0) is 49.4 Å². The molecule has 0 radical (unpaired) electrons. The average Bonchev–Trinajstić information content (AvgIpc) is 3.29. The van der Waals surface area contributed by atoms with E-state index in [0.29, 0.717) is 18.3 Å². The van der Waals surface area contributed by atoms with Gasteiger partial charge in [-0.1, -0.05) is 6.07 Å². The Hall–Kier alpha value is -2.12. The molecule has 26 heavy (non-hydrogen) atoms. The molecule has 0 spiro atoms. The molecule has 2 aliphatic rings. The molecule has 1 aromatic carbocycles. The van der Waals surface area contributed by atoms with E-state index in [1.54, 1.807) is 29.7 Å². The highest BCUT2D eigenvalue weighted by molar-refractivity contribution is 7.89. The second-order valence-corrected chi connectivity index (χ2v) is 8.65. The number of hydrogen-bond acceptors (Lipinski definition) is 5. The van der Waals surface area contributed by atoms with Gasteiger partial charge in [-0.3, -0.25) is 4.98 Å². The number of piperidine rings is 1. The van der Waals surface area contributed by atoms with Gasteiger partial charge in [0.15, 0.2) is 0 Å². The lowest BCUT2D eigenvalue weighted by Crippen LogP contribution is -2.47. The van der Waals surface area contributed by atoms with Crippen LogP contribution >= 0.6 is 0 Å². The third kappa shape index (κ3) is 3.05. The van der Waals surface area contributed by atoms with E-state index < -0.39 is 10.0 Å². The number of rotatable bonds is 6. The largest absolute Gasteiger partial charge is 0.497 e. The lowest BCUT2D eigenvalue weighted by atomic mass is 10.0. The molecule has 0 unspecified atom stereocenters. The summed E-state index contributed by atoms with van der Waals surface area (Å²) in [7, 11) is -1.96. The van der Waals surface area contributed by atoms with Gasteiger partial charge < -0.3 is 9.47 Å². The molecular formula is C19H22N2O4S. The summed E-state index contributed by atoms with van der Waals surface area (Å²) in [5.74, 6) is 1.75. The maximum Gasteiger partial charge on any atom is 0.245 e. The first-order valence-corrected chi connectivity index (χ1v) is 10.2. The standard InChI is InChI=1S/C19H22N2O4S/c1-24-16-4-2-5-17(11-16)25-13-19-14-7-8-15(10-14)21(19)26(22,23)18-6-3-9-20-12-18/h2-6,9,11-12,14-15,19H,7-8,10,13H2,1H3/t14-,15-,19+/m0/s1. The van der Waals surface area contributed by atoms with Gasteiger partial charge in [0.25, 0.3) is 0 Å². The van der Waals surface area contributed by atoms with Crippen LogP contribution in [0.2, 0.25) is 0 Å². The Morgan fingerprint density at radius 2 is 2.04 bits per heavy atom. The number of ether oxygens (including phenoxy) is 2. The summed E-state index contributed by atoms with van der Waals surface area (Å²) in [5, 5.41) is 0. The van der Waals surface area contributed by atoms with Crippen molar-refractivity contribution in [2.75, 3.05) is 13.7 Å². The van der Waals surface area contributed by atoms with E-state index >= 15 is 0 Å². The van der Waals surface area contributed by atoms with E-state index in [0.717, 1.165) is 25.0 Å². The fraction of sp³-hybridized carbons (Fsp3) is 0.421. The van der Waals surface area contributed by atoms with Gasteiger partial charge in [0, 0.05) is 24.5 Å². The zero-order valence-corrected chi connectivity index (χ0v) is 15.4. The van der Waals surface area contributed by atoms with Crippen LogP contribution in [0.1, 0.15) is 19.3 Å². The minimum atomic E-state index is -3.57. The van der Waals surface area contributed by atoms with Crippen LogP contribution in [0.25, 0.3) is 0 Å². The van der Waals surface area contributed by atoms with Crippen LogP contribution in [0.5, 0.6) is 11.5 Å². The molecule has 4 rings (SSSR count). The SMILES string of the molecule is COc1cccc(OC[C@@H]2[C@H]3CC[C@@H](C3)N2S(=O)(=O)c2cccnc2)c1. The smallest absolute Gasteiger partial charge is 0.245 e. The normalized spacial score (nSPS) is 25.3. The summed E-state index contributed by atoms with van der Waals surface area (Å²) in [6.07, 6.45) is 5.88. The minimum Gasteiger partial charge on any atom is -0.497 e. The highest BCUT2D eigenvalue weighted by Crippen LogP contribution is 2.45. The van der Waals surface area contributed by atoms with Crippen LogP contribution < -0.4 is 9.47 Å². The molecule has 6 nitrogen and oxygen atoms in total. The van der Waals surface area contributed by atoms with Crippen LogP contribution in [0, 0.1) is 5.92 Å². The second-order valence-electron chi connectivity index (χ2n) is 6.81. The summed E-state index contributed by atoms with van der Waals surface area (Å²) in [6, 6.07) is 10.6. The lowest BCUT2D eigenvalue weighted by Gasteiger charge is -2.34. The molecule has 1 aliphatic heterocycles. The number of nitrogens with zero attached hydrogens (tertiary/aromatic N) is 2. The first-order chi connectivity index (χ1) is 12.6. The van der Waals surface area contributed by atoms with Crippen molar-refractivity contribution >= 4 is 10.0 Å². The molecule has 0 amide bonds. The van der Waals surface area contributed by atoms with Gasteiger partial charge in [-0.15, -0.1) is 0 Å². The molecule has 0 N–H and O–H groups in total. The molecular weight excluding hydrogens is 352 g/mol. The van der Waals surface area contributed by atoms with E-state index in [-0.39, 0.29) is 17.0 Å². The third-order valence-corrected chi connectivity index (χ3v) is 7.31. The first-order valence-electron chi connectivity index (χ1n) is 8.80. The number of hydrogen-bond donors (Lipinski definition) is 0. The van der Waals surface area contributed by atoms with Crippen molar-refractivity contribution in [1.82, 2.24) is 9.29 Å². The molecule has 1 aliphatic carbocycles. The zero-order valence-electron chi connectivity index (χ0n) is 14.6. The molecule has 2 bridgehead atoms. The minimum absolute atomic E-state index is 0.0594. The van der Waals surface area contributed by atoms with Gasteiger partial charge in [0.2, 0.25) is 10.0 Å². The quantitative estimate of drug-likeness (QED) is 0.778. The summed E-state index contributed by atoms with van der Waals surface area (Å²) < 4.78 is 39.1. The second kappa shape index (κ2) is 6.89. The Balaban J connectivity index is 1.56. The van der Waals surface area contributed by atoms with Crippen LogP contribution in [0.4, 0.5) is 0 Å². The first kappa shape index (κ1) is 17.3. The van der Waals surface area contributed by atoms with Crippen molar-refractivity contribution in [2.24, 2.45) is 5.92 Å². The maximum atomic E-state index is 13.2. The van der Waals surface area contributed by atoms with Gasteiger partial charge >= 0.3 is 0 Å². The van der Waals surface area contributed by atoms with Crippen LogP contribution in [-0.2, 0) is 10.0 Å². The molecule has 2 aromatic rings. The highest BCUT2D eigenvalue weighted by atomic mass is 32.2. The summed E-state index contributed by atoms with van der Waals surface area (Å²) >= 11 is 0.